The molecule has 0 saturated heterocycles. The van der Waals surface area contributed by atoms with Gasteiger partial charge in [0.1, 0.15) is 16.5 Å². The number of sulfonamides is 1. The lowest BCUT2D eigenvalue weighted by molar-refractivity contribution is -0.125. The summed E-state index contributed by atoms with van der Waals surface area (Å²) in [5.41, 5.74) is 5.04. The molecule has 2 heterocycles. The number of nitriles is 1. The lowest BCUT2D eigenvalue weighted by atomic mass is 10.1. The molecular weight excluding hydrogens is 392 g/mol. The Balaban J connectivity index is 2.02. The minimum absolute atomic E-state index is 0.146. The predicted molar refractivity (Wildman–Crippen MR) is 99.6 cm³/mol. The van der Waals surface area contributed by atoms with E-state index >= 15 is 0 Å². The van der Waals surface area contributed by atoms with Crippen LogP contribution in [0.25, 0.3) is 10.9 Å². The fraction of sp³-hybridized carbons (Fsp3) is 0.188. The van der Waals surface area contributed by atoms with Crippen LogP contribution in [0.1, 0.15) is 19.4 Å². The molecule has 140 valence electrons. The molecule has 0 fully saturated rings. The third-order valence-corrected chi connectivity index (χ3v) is 5.83. The van der Waals surface area contributed by atoms with Crippen LogP contribution in [0, 0.1) is 11.3 Å². The standard InChI is InChI=1S/C16H15ClN6O3S/c1-16(2,15(19)24)23-8-10(7-21-23)27(25,26)22-12-4-3-11(17)13-9(5-18)6-20-14(12)13/h3-4,6-8,20,22H,1-2H3,(H2,19,24). The van der Waals surface area contributed by atoms with Gasteiger partial charge in [0.05, 0.1) is 28.0 Å². The summed E-state index contributed by atoms with van der Waals surface area (Å²) in [6.45, 7) is 3.05. The van der Waals surface area contributed by atoms with Gasteiger partial charge in [-0.2, -0.15) is 10.4 Å². The highest BCUT2D eigenvalue weighted by molar-refractivity contribution is 7.92. The number of carbonyl (C=O) groups excluding carboxylic acids is 1. The van der Waals surface area contributed by atoms with Gasteiger partial charge in [-0.1, -0.05) is 11.6 Å². The van der Waals surface area contributed by atoms with Gasteiger partial charge in [0.25, 0.3) is 10.0 Å². The van der Waals surface area contributed by atoms with Gasteiger partial charge >= 0.3 is 0 Å². The van der Waals surface area contributed by atoms with Crippen molar-refractivity contribution in [3.63, 3.8) is 0 Å². The summed E-state index contributed by atoms with van der Waals surface area (Å²) in [6.07, 6.45) is 3.78. The number of primary amides is 1. The second kappa shape index (κ2) is 6.29. The van der Waals surface area contributed by atoms with Gasteiger partial charge < -0.3 is 10.7 Å². The molecule has 0 atom stereocenters. The Morgan fingerprint density at radius 3 is 2.78 bits per heavy atom. The maximum atomic E-state index is 12.7. The Bertz CT molecular complexity index is 1200. The number of nitrogens with zero attached hydrogens (tertiary/aromatic N) is 3. The maximum Gasteiger partial charge on any atom is 0.265 e. The number of aromatic amines is 1. The Morgan fingerprint density at radius 2 is 2.15 bits per heavy atom. The van der Waals surface area contributed by atoms with Crippen LogP contribution < -0.4 is 10.5 Å². The molecule has 3 aromatic rings. The number of nitrogens with one attached hydrogen (secondary N) is 2. The highest BCUT2D eigenvalue weighted by Gasteiger charge is 2.30. The van der Waals surface area contributed by atoms with Crippen molar-refractivity contribution in [2.24, 2.45) is 5.73 Å². The van der Waals surface area contributed by atoms with E-state index < -0.39 is 21.5 Å². The number of hydrogen-bond acceptors (Lipinski definition) is 5. The van der Waals surface area contributed by atoms with E-state index in [1.54, 1.807) is 0 Å². The molecule has 0 radical (unpaired) electrons. The molecule has 27 heavy (non-hydrogen) atoms. The van der Waals surface area contributed by atoms with E-state index in [1.807, 2.05) is 6.07 Å². The van der Waals surface area contributed by atoms with Crippen LogP contribution in [-0.2, 0) is 20.4 Å². The molecule has 1 amide bonds. The molecule has 11 heteroatoms. The third-order valence-electron chi connectivity index (χ3n) is 4.19. The number of carbonyl (C=O) groups is 1. The summed E-state index contributed by atoms with van der Waals surface area (Å²) in [6, 6.07) is 4.97. The Labute approximate surface area is 159 Å². The molecule has 1 aromatic carbocycles. The highest BCUT2D eigenvalue weighted by atomic mass is 35.5. The van der Waals surface area contributed by atoms with E-state index in [2.05, 4.69) is 14.8 Å². The first-order valence-electron chi connectivity index (χ1n) is 7.65. The number of amides is 1. The average Bonchev–Trinajstić information content (AvgIpc) is 3.24. The molecule has 0 spiro atoms. The van der Waals surface area contributed by atoms with Crippen molar-refractivity contribution in [3.8, 4) is 6.07 Å². The fourth-order valence-corrected chi connectivity index (χ4v) is 3.71. The van der Waals surface area contributed by atoms with E-state index in [-0.39, 0.29) is 10.6 Å². The van der Waals surface area contributed by atoms with Crippen LogP contribution in [0.15, 0.2) is 35.6 Å². The fourth-order valence-electron chi connectivity index (χ4n) is 2.45. The number of anilines is 1. The first-order chi connectivity index (χ1) is 12.6. The number of fused-ring (bicyclic) bond motifs is 1. The summed E-state index contributed by atoms with van der Waals surface area (Å²) in [5, 5.41) is 13.8. The van der Waals surface area contributed by atoms with Crippen molar-refractivity contribution >= 4 is 44.1 Å². The predicted octanol–water partition coefficient (Wildman–Crippen LogP) is 1.91. The minimum Gasteiger partial charge on any atom is -0.368 e. The summed E-state index contributed by atoms with van der Waals surface area (Å²) in [4.78, 5) is 14.2. The smallest absolute Gasteiger partial charge is 0.265 e. The molecule has 4 N–H and O–H groups in total. The van der Waals surface area contributed by atoms with E-state index in [9.17, 15) is 13.2 Å². The van der Waals surface area contributed by atoms with E-state index in [0.29, 0.717) is 21.5 Å². The second-order valence-corrected chi connectivity index (χ2v) is 8.40. The molecule has 0 aliphatic heterocycles. The monoisotopic (exact) mass is 406 g/mol. The number of nitrogens with two attached hydrogens (primary N) is 1. The average molecular weight is 407 g/mol. The van der Waals surface area contributed by atoms with Crippen molar-refractivity contribution in [2.75, 3.05) is 4.72 Å². The van der Waals surface area contributed by atoms with Crippen LogP contribution in [0.5, 0.6) is 0 Å². The number of aromatic nitrogens is 3. The van der Waals surface area contributed by atoms with E-state index in [0.717, 1.165) is 6.20 Å². The number of H-pyrrole nitrogens is 1. The number of rotatable bonds is 5. The van der Waals surface area contributed by atoms with Gasteiger partial charge in [0, 0.05) is 17.8 Å². The number of benzene rings is 1. The summed E-state index contributed by atoms with van der Waals surface area (Å²) in [7, 11) is -4.01. The molecular formula is C16H15ClN6O3S. The highest BCUT2D eigenvalue weighted by Crippen LogP contribution is 2.33. The van der Waals surface area contributed by atoms with Crippen LogP contribution >= 0.6 is 11.6 Å². The van der Waals surface area contributed by atoms with Crippen molar-refractivity contribution in [2.45, 2.75) is 24.3 Å². The van der Waals surface area contributed by atoms with Crippen molar-refractivity contribution in [3.05, 3.63) is 41.3 Å². The molecule has 0 bridgehead atoms. The first kappa shape index (κ1) is 18.8. The quantitative estimate of drug-likeness (QED) is 0.592. The number of hydrogen-bond donors (Lipinski definition) is 3. The van der Waals surface area contributed by atoms with E-state index in [1.165, 1.54) is 43.1 Å². The SMILES string of the molecule is CC(C)(C(N)=O)n1cc(S(=O)(=O)Nc2ccc(Cl)c3c(C#N)c[nH]c23)cn1. The zero-order chi connectivity index (χ0) is 20.0. The minimum atomic E-state index is -4.01. The van der Waals surface area contributed by atoms with Gasteiger partial charge in [-0.25, -0.2) is 8.42 Å². The third kappa shape index (κ3) is 3.11. The van der Waals surface area contributed by atoms with Gasteiger partial charge in [-0.15, -0.1) is 0 Å². The van der Waals surface area contributed by atoms with Crippen LogP contribution in [-0.4, -0.2) is 29.1 Å². The van der Waals surface area contributed by atoms with Crippen molar-refractivity contribution in [1.82, 2.24) is 14.8 Å². The Kier molecular flexibility index (Phi) is 4.37. The van der Waals surface area contributed by atoms with Gasteiger partial charge in [0.2, 0.25) is 5.91 Å². The molecule has 0 aliphatic carbocycles. The van der Waals surface area contributed by atoms with Crippen molar-refractivity contribution < 1.29 is 13.2 Å². The second-order valence-electron chi connectivity index (χ2n) is 6.31. The molecule has 0 unspecified atom stereocenters. The van der Waals surface area contributed by atoms with Crippen LogP contribution in [0.4, 0.5) is 5.69 Å². The molecule has 0 saturated carbocycles. The Hall–Kier alpha value is -3.03. The summed E-state index contributed by atoms with van der Waals surface area (Å²) < 4.78 is 29.1. The lowest BCUT2D eigenvalue weighted by Crippen LogP contribution is -2.41. The lowest BCUT2D eigenvalue weighted by Gasteiger charge is -2.20. The topological polar surface area (TPSA) is 147 Å². The molecule has 0 aliphatic rings. The molecule has 9 nitrogen and oxygen atoms in total. The molecule has 3 rings (SSSR count). The zero-order valence-corrected chi connectivity index (χ0v) is 15.9. The summed E-state index contributed by atoms with van der Waals surface area (Å²) >= 11 is 6.12. The van der Waals surface area contributed by atoms with Gasteiger partial charge in [-0.05, 0) is 26.0 Å². The van der Waals surface area contributed by atoms with Crippen molar-refractivity contribution in [1.29, 1.82) is 5.26 Å². The maximum absolute atomic E-state index is 12.7. The van der Waals surface area contributed by atoms with Crippen LogP contribution in [0.3, 0.4) is 0 Å². The van der Waals surface area contributed by atoms with E-state index in [4.69, 9.17) is 22.6 Å². The zero-order valence-electron chi connectivity index (χ0n) is 14.3. The number of halogens is 1. The largest absolute Gasteiger partial charge is 0.368 e. The molecule has 2 aromatic heterocycles. The normalized spacial score (nSPS) is 12.1. The van der Waals surface area contributed by atoms with Crippen LogP contribution in [0.2, 0.25) is 5.02 Å². The van der Waals surface area contributed by atoms with Gasteiger partial charge in [0.15, 0.2) is 0 Å². The first-order valence-corrected chi connectivity index (χ1v) is 9.51. The Morgan fingerprint density at radius 1 is 1.44 bits per heavy atom. The summed E-state index contributed by atoms with van der Waals surface area (Å²) in [5.74, 6) is -0.655. The van der Waals surface area contributed by atoms with Gasteiger partial charge in [-0.3, -0.25) is 14.2 Å².